The third-order valence-electron chi connectivity index (χ3n) is 6.73. The van der Waals surface area contributed by atoms with Gasteiger partial charge in [0.15, 0.2) is 0 Å². The molecule has 4 aromatic rings. The van der Waals surface area contributed by atoms with Gasteiger partial charge >= 0.3 is 0 Å². The van der Waals surface area contributed by atoms with Crippen LogP contribution in [0.1, 0.15) is 32.6 Å². The summed E-state index contributed by atoms with van der Waals surface area (Å²) < 4.78 is 6.17. The van der Waals surface area contributed by atoms with Gasteiger partial charge in [0, 0.05) is 36.4 Å². The Kier molecular flexibility index (Phi) is 7.79. The average molecular weight is 504 g/mol. The Labute approximate surface area is 222 Å². The molecule has 1 amide bonds. The Balaban J connectivity index is 1.41. The summed E-state index contributed by atoms with van der Waals surface area (Å²) in [5.74, 6) is 0.529. The van der Waals surface area contributed by atoms with Crippen molar-refractivity contribution in [1.82, 2.24) is 5.32 Å². The summed E-state index contributed by atoms with van der Waals surface area (Å²) in [6, 6.07) is 31.4. The van der Waals surface area contributed by atoms with Gasteiger partial charge in [-0.1, -0.05) is 60.7 Å². The molecule has 0 unspecified atom stereocenters. The number of amides is 1. The van der Waals surface area contributed by atoms with Crippen molar-refractivity contribution in [2.45, 2.75) is 19.6 Å². The number of nitrogens with zero attached hydrogens (tertiary/aromatic N) is 2. The molecular weight excluding hydrogens is 474 g/mol. The molecular formula is C32H29N3O3. The van der Waals surface area contributed by atoms with Gasteiger partial charge in [0.05, 0.1) is 18.2 Å². The molecule has 0 saturated carbocycles. The average Bonchev–Trinajstić information content (AvgIpc) is 3.41. The fourth-order valence-corrected chi connectivity index (χ4v) is 4.85. The molecule has 0 aromatic heterocycles. The van der Waals surface area contributed by atoms with E-state index in [9.17, 15) is 10.1 Å². The number of ether oxygens (including phenoxy) is 1. The molecule has 0 radical (unpaired) electrons. The molecule has 1 aliphatic rings. The van der Waals surface area contributed by atoms with Gasteiger partial charge in [-0.25, -0.2) is 0 Å². The number of rotatable bonds is 9. The van der Waals surface area contributed by atoms with E-state index in [0.29, 0.717) is 36.5 Å². The Morgan fingerprint density at radius 2 is 1.84 bits per heavy atom. The number of aliphatic hydroxyl groups excluding tert-OH is 1. The molecule has 2 N–H and O–H groups in total. The van der Waals surface area contributed by atoms with Gasteiger partial charge in [0.25, 0.3) is 5.91 Å². The molecule has 1 aliphatic heterocycles. The van der Waals surface area contributed by atoms with E-state index in [-0.39, 0.29) is 19.1 Å². The predicted octanol–water partition coefficient (Wildman–Crippen LogP) is 5.09. The molecule has 6 heteroatoms. The van der Waals surface area contributed by atoms with Crippen LogP contribution in [0.15, 0.2) is 91.0 Å². The lowest BCUT2D eigenvalue weighted by atomic mass is 9.98. The highest BCUT2D eigenvalue weighted by Gasteiger charge is 2.28. The first-order valence-electron chi connectivity index (χ1n) is 12.7. The summed E-state index contributed by atoms with van der Waals surface area (Å²) in [6.07, 6.45) is 0.799. The number of nitriles is 1. The Morgan fingerprint density at radius 3 is 2.66 bits per heavy atom. The van der Waals surface area contributed by atoms with Crippen LogP contribution < -0.4 is 15.0 Å². The highest BCUT2D eigenvalue weighted by molar-refractivity contribution is 6.08. The monoisotopic (exact) mass is 503 g/mol. The second-order valence-electron chi connectivity index (χ2n) is 9.20. The van der Waals surface area contributed by atoms with Crippen molar-refractivity contribution in [1.29, 1.82) is 5.26 Å². The van der Waals surface area contributed by atoms with Gasteiger partial charge in [-0.3, -0.25) is 4.79 Å². The van der Waals surface area contributed by atoms with Crippen molar-refractivity contribution in [2.24, 2.45) is 0 Å². The van der Waals surface area contributed by atoms with E-state index >= 15 is 0 Å². The molecule has 38 heavy (non-hydrogen) atoms. The molecule has 0 aliphatic carbocycles. The number of aliphatic hydroxyl groups is 1. The lowest BCUT2D eigenvalue weighted by molar-refractivity contribution is 0.0989. The maximum absolute atomic E-state index is 13.7. The first-order chi connectivity index (χ1) is 18.7. The Hall–Kier alpha value is -4.44. The van der Waals surface area contributed by atoms with Crippen molar-refractivity contribution in [3.8, 4) is 22.9 Å². The second-order valence-corrected chi connectivity index (χ2v) is 9.20. The molecule has 0 fully saturated rings. The minimum absolute atomic E-state index is 0.0348. The van der Waals surface area contributed by atoms with Crippen molar-refractivity contribution >= 4 is 11.6 Å². The minimum atomic E-state index is -0.0693. The zero-order valence-corrected chi connectivity index (χ0v) is 21.1. The largest absolute Gasteiger partial charge is 0.489 e. The van der Waals surface area contributed by atoms with Crippen LogP contribution in [0.3, 0.4) is 0 Å². The maximum Gasteiger partial charge on any atom is 0.258 e. The lowest BCUT2D eigenvalue weighted by Crippen LogP contribution is -2.29. The van der Waals surface area contributed by atoms with Gasteiger partial charge in [-0.2, -0.15) is 5.26 Å². The number of carbonyl (C=O) groups excluding carboxylic acids is 1. The predicted molar refractivity (Wildman–Crippen MR) is 148 cm³/mol. The molecule has 4 aromatic carbocycles. The molecule has 6 nitrogen and oxygen atoms in total. The molecule has 0 saturated heterocycles. The second kappa shape index (κ2) is 11.7. The van der Waals surface area contributed by atoms with E-state index in [1.54, 1.807) is 18.2 Å². The molecule has 190 valence electrons. The fourth-order valence-electron chi connectivity index (χ4n) is 4.85. The van der Waals surface area contributed by atoms with E-state index in [4.69, 9.17) is 9.84 Å². The minimum Gasteiger partial charge on any atom is -0.489 e. The Morgan fingerprint density at radius 1 is 1.00 bits per heavy atom. The van der Waals surface area contributed by atoms with E-state index < -0.39 is 0 Å². The van der Waals surface area contributed by atoms with Crippen LogP contribution in [0, 0.1) is 11.3 Å². The summed E-state index contributed by atoms with van der Waals surface area (Å²) >= 11 is 0. The van der Waals surface area contributed by atoms with Gasteiger partial charge in [0.2, 0.25) is 0 Å². The highest BCUT2D eigenvalue weighted by Crippen LogP contribution is 2.37. The maximum atomic E-state index is 13.7. The van der Waals surface area contributed by atoms with Crippen LogP contribution in [-0.2, 0) is 19.6 Å². The number of anilines is 1. The number of nitrogens with one attached hydrogen (secondary N) is 1. The summed E-state index contributed by atoms with van der Waals surface area (Å²) in [5, 5.41) is 21.5. The van der Waals surface area contributed by atoms with Crippen LogP contribution >= 0.6 is 0 Å². The third kappa shape index (κ3) is 5.45. The van der Waals surface area contributed by atoms with Crippen LogP contribution in [0.2, 0.25) is 0 Å². The quantitative estimate of drug-likeness (QED) is 0.311. The van der Waals surface area contributed by atoms with Crippen LogP contribution in [0.5, 0.6) is 5.75 Å². The van der Waals surface area contributed by atoms with Crippen molar-refractivity contribution in [2.75, 3.05) is 24.6 Å². The van der Waals surface area contributed by atoms with E-state index in [1.165, 1.54) is 5.56 Å². The standard InChI is InChI=1S/C32H29N3O3/c33-20-23-6-4-7-24(18-23)22-38-31-19-26(12-13-27(31)21-34-15-17-36)32(37)35-16-14-29-28(10-5-11-30(29)35)25-8-2-1-3-9-25/h1-13,18-19,34,36H,14-17,21-22H2. The van der Waals surface area contributed by atoms with Gasteiger partial charge in [0.1, 0.15) is 12.4 Å². The van der Waals surface area contributed by atoms with Gasteiger partial charge < -0.3 is 20.1 Å². The summed E-state index contributed by atoms with van der Waals surface area (Å²) in [4.78, 5) is 15.6. The first-order valence-corrected chi connectivity index (χ1v) is 12.7. The topological polar surface area (TPSA) is 85.6 Å². The van der Waals surface area contributed by atoms with Crippen LogP contribution in [0.4, 0.5) is 5.69 Å². The molecule has 0 bridgehead atoms. The fraction of sp³-hybridized carbons (Fsp3) is 0.188. The van der Waals surface area contributed by atoms with E-state index in [2.05, 4.69) is 29.6 Å². The molecule has 5 rings (SSSR count). The smallest absolute Gasteiger partial charge is 0.258 e. The van der Waals surface area contributed by atoms with Gasteiger partial charge in [-0.15, -0.1) is 0 Å². The molecule has 0 spiro atoms. The summed E-state index contributed by atoms with van der Waals surface area (Å²) in [6.45, 7) is 1.88. The number of hydrogen-bond donors (Lipinski definition) is 2. The van der Waals surface area contributed by atoms with Crippen LogP contribution in [0.25, 0.3) is 11.1 Å². The van der Waals surface area contributed by atoms with Crippen molar-refractivity contribution < 1.29 is 14.6 Å². The zero-order chi connectivity index (χ0) is 26.3. The lowest BCUT2D eigenvalue weighted by Gasteiger charge is -2.20. The SMILES string of the molecule is N#Cc1cccc(COc2cc(C(=O)N3CCc4c(-c5ccccc5)cccc43)ccc2CNCCO)c1. The molecule has 1 heterocycles. The number of hydrogen-bond acceptors (Lipinski definition) is 5. The number of fused-ring (bicyclic) bond motifs is 1. The van der Waals surface area contributed by atoms with Crippen molar-refractivity contribution in [3.63, 3.8) is 0 Å². The normalized spacial score (nSPS) is 12.2. The van der Waals surface area contributed by atoms with Crippen LogP contribution in [-0.4, -0.2) is 30.7 Å². The summed E-state index contributed by atoms with van der Waals surface area (Å²) in [7, 11) is 0. The van der Waals surface area contributed by atoms with E-state index in [0.717, 1.165) is 34.4 Å². The molecule has 0 atom stereocenters. The third-order valence-corrected chi connectivity index (χ3v) is 6.73. The number of benzene rings is 4. The van der Waals surface area contributed by atoms with Gasteiger partial charge in [-0.05, 0) is 59.0 Å². The zero-order valence-electron chi connectivity index (χ0n) is 21.1. The highest BCUT2D eigenvalue weighted by atomic mass is 16.5. The number of carbonyl (C=O) groups is 1. The summed E-state index contributed by atoms with van der Waals surface area (Å²) in [5.41, 5.74) is 7.32. The van der Waals surface area contributed by atoms with Crippen molar-refractivity contribution in [3.05, 3.63) is 119 Å². The Bertz CT molecular complexity index is 1480. The first kappa shape index (κ1) is 25.2. The van der Waals surface area contributed by atoms with E-state index in [1.807, 2.05) is 59.5 Å².